The van der Waals surface area contributed by atoms with Gasteiger partial charge in [0.15, 0.2) is 0 Å². The Balaban J connectivity index is 2.59. The van der Waals surface area contributed by atoms with E-state index in [1.807, 2.05) is 6.08 Å². The van der Waals surface area contributed by atoms with E-state index in [0.29, 0.717) is 17.9 Å². The highest BCUT2D eigenvalue weighted by Gasteiger charge is 2.03. The van der Waals surface area contributed by atoms with Crippen LogP contribution < -0.4 is 5.32 Å². The van der Waals surface area contributed by atoms with E-state index in [-0.39, 0.29) is 5.91 Å². The standard InChI is InChI=1S/C8H11NO2/c1-6(10)9-7-3-2-4-8(11)5-7/h3,5,11H,2,4H2,1H3,(H,9,10). The molecule has 0 saturated carbocycles. The van der Waals surface area contributed by atoms with E-state index < -0.39 is 0 Å². The van der Waals surface area contributed by atoms with Crippen molar-refractivity contribution >= 4 is 5.91 Å². The largest absolute Gasteiger partial charge is 0.512 e. The molecule has 0 aromatic rings. The summed E-state index contributed by atoms with van der Waals surface area (Å²) >= 11 is 0. The highest BCUT2D eigenvalue weighted by atomic mass is 16.3. The molecule has 11 heavy (non-hydrogen) atoms. The smallest absolute Gasteiger partial charge is 0.221 e. The van der Waals surface area contributed by atoms with Gasteiger partial charge in [0.2, 0.25) is 5.91 Å². The van der Waals surface area contributed by atoms with Crippen molar-refractivity contribution in [1.82, 2.24) is 5.32 Å². The van der Waals surface area contributed by atoms with E-state index in [1.54, 1.807) is 6.08 Å². The molecule has 0 aromatic carbocycles. The van der Waals surface area contributed by atoms with E-state index in [9.17, 15) is 4.79 Å². The number of aliphatic hydroxyl groups is 1. The first-order valence-corrected chi connectivity index (χ1v) is 3.56. The van der Waals surface area contributed by atoms with Crippen molar-refractivity contribution in [2.75, 3.05) is 0 Å². The van der Waals surface area contributed by atoms with Crippen molar-refractivity contribution in [2.45, 2.75) is 19.8 Å². The van der Waals surface area contributed by atoms with Crippen LogP contribution >= 0.6 is 0 Å². The molecule has 0 atom stereocenters. The summed E-state index contributed by atoms with van der Waals surface area (Å²) in [6, 6.07) is 0. The lowest BCUT2D eigenvalue weighted by Gasteiger charge is -2.08. The fraction of sp³-hybridized carbons (Fsp3) is 0.375. The molecule has 3 heteroatoms. The second-order valence-electron chi connectivity index (χ2n) is 2.52. The number of carbonyl (C=O) groups excluding carboxylic acids is 1. The average molecular weight is 153 g/mol. The molecular weight excluding hydrogens is 142 g/mol. The Morgan fingerprint density at radius 2 is 2.45 bits per heavy atom. The van der Waals surface area contributed by atoms with Crippen molar-refractivity contribution in [3.05, 3.63) is 23.6 Å². The number of rotatable bonds is 1. The van der Waals surface area contributed by atoms with Crippen LogP contribution in [-0.2, 0) is 4.79 Å². The van der Waals surface area contributed by atoms with Gasteiger partial charge in [0.05, 0.1) is 5.76 Å². The van der Waals surface area contributed by atoms with Crippen LogP contribution in [0.3, 0.4) is 0 Å². The Labute approximate surface area is 65.4 Å². The predicted molar refractivity (Wildman–Crippen MR) is 41.8 cm³/mol. The fourth-order valence-corrected chi connectivity index (χ4v) is 0.977. The molecule has 0 fully saturated rings. The molecule has 2 N–H and O–H groups in total. The summed E-state index contributed by atoms with van der Waals surface area (Å²) in [5.41, 5.74) is 0.696. The van der Waals surface area contributed by atoms with Crippen LogP contribution in [0.15, 0.2) is 23.6 Å². The lowest BCUT2D eigenvalue weighted by Crippen LogP contribution is -2.19. The van der Waals surface area contributed by atoms with E-state index >= 15 is 0 Å². The van der Waals surface area contributed by atoms with Crippen LogP contribution in [0.1, 0.15) is 19.8 Å². The second kappa shape index (κ2) is 3.23. The molecule has 0 bridgehead atoms. The lowest BCUT2D eigenvalue weighted by atomic mass is 10.1. The highest BCUT2D eigenvalue weighted by molar-refractivity contribution is 5.75. The van der Waals surface area contributed by atoms with E-state index in [2.05, 4.69) is 5.32 Å². The topological polar surface area (TPSA) is 49.3 Å². The average Bonchev–Trinajstić information content (AvgIpc) is 1.85. The molecule has 1 rings (SSSR count). The van der Waals surface area contributed by atoms with Gasteiger partial charge in [0.1, 0.15) is 0 Å². The zero-order chi connectivity index (χ0) is 8.27. The molecule has 0 saturated heterocycles. The van der Waals surface area contributed by atoms with Gasteiger partial charge < -0.3 is 10.4 Å². The Morgan fingerprint density at radius 1 is 1.73 bits per heavy atom. The van der Waals surface area contributed by atoms with Gasteiger partial charge in [0, 0.05) is 19.0 Å². The molecular formula is C8H11NO2. The summed E-state index contributed by atoms with van der Waals surface area (Å²) in [4.78, 5) is 10.6. The number of hydrogen-bond acceptors (Lipinski definition) is 2. The van der Waals surface area contributed by atoms with Gasteiger partial charge >= 0.3 is 0 Å². The number of allylic oxidation sites excluding steroid dienone is 3. The fourth-order valence-electron chi connectivity index (χ4n) is 0.977. The van der Waals surface area contributed by atoms with Crippen LogP contribution in [0.25, 0.3) is 0 Å². The number of hydrogen-bond donors (Lipinski definition) is 2. The quantitative estimate of drug-likeness (QED) is 0.595. The zero-order valence-corrected chi connectivity index (χ0v) is 6.42. The van der Waals surface area contributed by atoms with Crippen LogP contribution in [0.5, 0.6) is 0 Å². The third-order valence-electron chi connectivity index (χ3n) is 1.41. The number of aliphatic hydroxyl groups excluding tert-OH is 1. The monoisotopic (exact) mass is 153 g/mol. The Bertz CT molecular complexity index is 228. The van der Waals surface area contributed by atoms with Gasteiger partial charge in [-0.3, -0.25) is 4.79 Å². The van der Waals surface area contributed by atoms with Crippen LogP contribution in [0.2, 0.25) is 0 Å². The van der Waals surface area contributed by atoms with Gasteiger partial charge in [-0.2, -0.15) is 0 Å². The van der Waals surface area contributed by atoms with Gasteiger partial charge in [0.25, 0.3) is 0 Å². The number of amides is 1. The molecule has 0 spiro atoms. The minimum absolute atomic E-state index is 0.109. The first kappa shape index (κ1) is 7.85. The number of carbonyl (C=O) groups is 1. The molecule has 0 aliphatic heterocycles. The van der Waals surface area contributed by atoms with Crippen molar-refractivity contribution in [1.29, 1.82) is 0 Å². The van der Waals surface area contributed by atoms with Crippen LogP contribution in [0.4, 0.5) is 0 Å². The second-order valence-corrected chi connectivity index (χ2v) is 2.52. The van der Waals surface area contributed by atoms with Crippen molar-refractivity contribution < 1.29 is 9.90 Å². The third kappa shape index (κ3) is 2.45. The Kier molecular flexibility index (Phi) is 2.31. The molecule has 3 nitrogen and oxygen atoms in total. The molecule has 0 radical (unpaired) electrons. The summed E-state index contributed by atoms with van der Waals surface area (Å²) in [6.07, 6.45) is 4.92. The van der Waals surface area contributed by atoms with Gasteiger partial charge in [-0.25, -0.2) is 0 Å². The van der Waals surface area contributed by atoms with Crippen LogP contribution in [0, 0.1) is 0 Å². The molecule has 1 amide bonds. The van der Waals surface area contributed by atoms with E-state index in [4.69, 9.17) is 5.11 Å². The van der Waals surface area contributed by atoms with Gasteiger partial charge in [-0.1, -0.05) is 6.08 Å². The van der Waals surface area contributed by atoms with Gasteiger partial charge in [-0.05, 0) is 12.5 Å². The van der Waals surface area contributed by atoms with Crippen LogP contribution in [-0.4, -0.2) is 11.0 Å². The first-order chi connectivity index (χ1) is 5.18. The van der Waals surface area contributed by atoms with Crippen molar-refractivity contribution in [3.63, 3.8) is 0 Å². The summed E-state index contributed by atoms with van der Waals surface area (Å²) in [5.74, 6) is 0.221. The summed E-state index contributed by atoms with van der Waals surface area (Å²) in [6.45, 7) is 1.44. The number of nitrogens with one attached hydrogen (secondary N) is 1. The summed E-state index contributed by atoms with van der Waals surface area (Å²) < 4.78 is 0. The lowest BCUT2D eigenvalue weighted by molar-refractivity contribution is -0.118. The Morgan fingerprint density at radius 3 is 3.00 bits per heavy atom. The van der Waals surface area contributed by atoms with E-state index in [1.165, 1.54) is 6.92 Å². The molecule has 1 aliphatic carbocycles. The van der Waals surface area contributed by atoms with E-state index in [0.717, 1.165) is 6.42 Å². The third-order valence-corrected chi connectivity index (χ3v) is 1.41. The Hall–Kier alpha value is -1.25. The maximum Gasteiger partial charge on any atom is 0.221 e. The maximum atomic E-state index is 10.6. The van der Waals surface area contributed by atoms with Crippen molar-refractivity contribution in [2.24, 2.45) is 0 Å². The minimum Gasteiger partial charge on any atom is -0.512 e. The predicted octanol–water partition coefficient (Wildman–Crippen LogP) is 1.24. The van der Waals surface area contributed by atoms with Crippen molar-refractivity contribution in [3.8, 4) is 0 Å². The molecule has 1 aliphatic rings. The molecule has 60 valence electrons. The minimum atomic E-state index is -0.109. The first-order valence-electron chi connectivity index (χ1n) is 3.56. The molecule has 0 heterocycles. The molecule has 0 aromatic heterocycles. The van der Waals surface area contributed by atoms with Gasteiger partial charge in [-0.15, -0.1) is 0 Å². The summed E-state index contributed by atoms with van der Waals surface area (Å²) in [5, 5.41) is 11.7. The molecule has 0 unspecified atom stereocenters. The zero-order valence-electron chi connectivity index (χ0n) is 6.42. The highest BCUT2D eigenvalue weighted by Crippen LogP contribution is 2.12. The summed E-state index contributed by atoms with van der Waals surface area (Å²) in [7, 11) is 0. The SMILES string of the molecule is CC(=O)NC1=CCCC(O)=C1. The maximum absolute atomic E-state index is 10.6. The normalized spacial score (nSPS) is 16.8.